The Labute approximate surface area is 123 Å². The predicted octanol–water partition coefficient (Wildman–Crippen LogP) is 3.52. The van der Waals surface area contributed by atoms with Crippen molar-refractivity contribution in [1.29, 1.82) is 0 Å². The SMILES string of the molecule is C/C(=C/CCC1(C)OCCO1)CC[C@H]1[C@H](CO)C1(C)C. The second-order valence-electron chi connectivity index (χ2n) is 7.18. The zero-order valence-electron chi connectivity index (χ0n) is 13.4. The van der Waals surface area contributed by atoms with Crippen LogP contribution in [0.5, 0.6) is 0 Å². The Bertz CT molecular complexity index is 353. The molecule has 2 aliphatic rings. The van der Waals surface area contributed by atoms with Gasteiger partial charge in [0.2, 0.25) is 0 Å². The van der Waals surface area contributed by atoms with Crippen LogP contribution in [0.15, 0.2) is 11.6 Å². The van der Waals surface area contributed by atoms with Crippen molar-refractivity contribution in [3.63, 3.8) is 0 Å². The molecule has 1 aliphatic heterocycles. The molecule has 2 atom stereocenters. The van der Waals surface area contributed by atoms with Crippen molar-refractivity contribution in [2.24, 2.45) is 17.3 Å². The molecule has 2 fully saturated rings. The van der Waals surface area contributed by atoms with Gasteiger partial charge in [-0.25, -0.2) is 0 Å². The summed E-state index contributed by atoms with van der Waals surface area (Å²) in [6, 6.07) is 0. The predicted molar refractivity (Wildman–Crippen MR) is 80.4 cm³/mol. The second-order valence-corrected chi connectivity index (χ2v) is 7.18. The standard InChI is InChI=1S/C17H30O3/c1-13(6-5-9-17(4)19-10-11-20-17)7-8-14-15(12-18)16(14,2)3/h6,14-15,18H,5,7-12H2,1-4H3/b13-6-/t14-,15-/m0/s1. The van der Waals surface area contributed by atoms with Crippen molar-refractivity contribution in [3.05, 3.63) is 11.6 Å². The summed E-state index contributed by atoms with van der Waals surface area (Å²) >= 11 is 0. The van der Waals surface area contributed by atoms with Crippen LogP contribution < -0.4 is 0 Å². The van der Waals surface area contributed by atoms with E-state index >= 15 is 0 Å². The minimum Gasteiger partial charge on any atom is -0.396 e. The fraction of sp³-hybridized carbons (Fsp3) is 0.882. The van der Waals surface area contributed by atoms with Gasteiger partial charge in [-0.2, -0.15) is 0 Å². The van der Waals surface area contributed by atoms with Crippen LogP contribution in [0.3, 0.4) is 0 Å². The molecule has 116 valence electrons. The lowest BCUT2D eigenvalue weighted by atomic mass is 10.0. The molecule has 0 amide bonds. The van der Waals surface area contributed by atoms with Crippen LogP contribution in [-0.2, 0) is 9.47 Å². The van der Waals surface area contributed by atoms with Gasteiger partial charge in [0.15, 0.2) is 5.79 Å². The van der Waals surface area contributed by atoms with Crippen LogP contribution in [0, 0.1) is 17.3 Å². The van der Waals surface area contributed by atoms with Gasteiger partial charge in [0, 0.05) is 13.0 Å². The van der Waals surface area contributed by atoms with Gasteiger partial charge in [0.1, 0.15) is 0 Å². The van der Waals surface area contributed by atoms with Crippen molar-refractivity contribution in [1.82, 2.24) is 0 Å². The van der Waals surface area contributed by atoms with Crippen molar-refractivity contribution < 1.29 is 14.6 Å². The molecule has 1 aliphatic carbocycles. The van der Waals surface area contributed by atoms with Crippen molar-refractivity contribution in [2.75, 3.05) is 19.8 Å². The summed E-state index contributed by atoms with van der Waals surface area (Å²) in [5.41, 5.74) is 1.79. The Hall–Kier alpha value is -0.380. The quantitative estimate of drug-likeness (QED) is 0.726. The monoisotopic (exact) mass is 282 g/mol. The maximum absolute atomic E-state index is 9.33. The summed E-state index contributed by atoms with van der Waals surface area (Å²) < 4.78 is 11.2. The van der Waals surface area contributed by atoms with Gasteiger partial charge in [-0.1, -0.05) is 25.5 Å². The third-order valence-electron chi connectivity index (χ3n) is 5.32. The third-order valence-corrected chi connectivity index (χ3v) is 5.32. The number of ether oxygens (including phenoxy) is 2. The molecular formula is C17H30O3. The molecule has 1 saturated heterocycles. The lowest BCUT2D eigenvalue weighted by Crippen LogP contribution is -2.24. The van der Waals surface area contributed by atoms with E-state index in [2.05, 4.69) is 26.8 Å². The molecule has 3 nitrogen and oxygen atoms in total. The number of allylic oxidation sites excluding steroid dienone is 2. The number of rotatable bonds is 7. The molecule has 1 saturated carbocycles. The van der Waals surface area contributed by atoms with Crippen LogP contribution in [0.4, 0.5) is 0 Å². The van der Waals surface area contributed by atoms with E-state index in [4.69, 9.17) is 9.47 Å². The summed E-state index contributed by atoms with van der Waals surface area (Å²) in [7, 11) is 0. The molecule has 20 heavy (non-hydrogen) atoms. The first-order valence-electron chi connectivity index (χ1n) is 7.93. The van der Waals surface area contributed by atoms with Crippen molar-refractivity contribution >= 4 is 0 Å². The average molecular weight is 282 g/mol. The normalized spacial score (nSPS) is 31.6. The minimum absolute atomic E-state index is 0.341. The van der Waals surface area contributed by atoms with Crippen LogP contribution in [0.1, 0.15) is 53.4 Å². The fourth-order valence-electron chi connectivity index (χ4n) is 3.56. The minimum atomic E-state index is -0.364. The summed E-state index contributed by atoms with van der Waals surface area (Å²) in [6.07, 6.45) is 6.60. The Kier molecular flexibility index (Phi) is 4.93. The average Bonchev–Trinajstić information content (AvgIpc) is 2.70. The molecule has 3 heteroatoms. The maximum Gasteiger partial charge on any atom is 0.166 e. The maximum atomic E-state index is 9.33. The first-order valence-corrected chi connectivity index (χ1v) is 7.93. The molecule has 0 spiro atoms. The van der Waals surface area contributed by atoms with Crippen LogP contribution >= 0.6 is 0 Å². The van der Waals surface area contributed by atoms with E-state index < -0.39 is 0 Å². The Balaban J connectivity index is 1.67. The number of aliphatic hydroxyl groups is 1. The van der Waals surface area contributed by atoms with E-state index in [-0.39, 0.29) is 5.79 Å². The van der Waals surface area contributed by atoms with E-state index in [9.17, 15) is 5.11 Å². The number of hydrogen-bond donors (Lipinski definition) is 1. The van der Waals surface area contributed by atoms with Gasteiger partial charge in [-0.05, 0) is 50.4 Å². The van der Waals surface area contributed by atoms with E-state index in [0.717, 1.165) is 32.5 Å². The van der Waals surface area contributed by atoms with E-state index in [1.807, 2.05) is 6.92 Å². The van der Waals surface area contributed by atoms with Crippen LogP contribution in [-0.4, -0.2) is 30.7 Å². The highest BCUT2D eigenvalue weighted by Crippen LogP contribution is 2.60. The molecular weight excluding hydrogens is 252 g/mol. The molecule has 1 N–H and O–H groups in total. The van der Waals surface area contributed by atoms with Gasteiger partial charge < -0.3 is 14.6 Å². The first-order chi connectivity index (χ1) is 9.39. The molecule has 0 radical (unpaired) electrons. The molecule has 0 aromatic rings. The topological polar surface area (TPSA) is 38.7 Å². The molecule has 0 unspecified atom stereocenters. The lowest BCUT2D eigenvalue weighted by Gasteiger charge is -2.21. The van der Waals surface area contributed by atoms with Crippen molar-refractivity contribution in [3.8, 4) is 0 Å². The molecule has 0 bridgehead atoms. The van der Waals surface area contributed by atoms with Crippen LogP contribution in [0.2, 0.25) is 0 Å². The zero-order chi connectivity index (χ0) is 14.8. The molecule has 0 aromatic heterocycles. The van der Waals surface area contributed by atoms with E-state index in [1.165, 1.54) is 12.0 Å². The Morgan fingerprint density at radius 3 is 2.40 bits per heavy atom. The van der Waals surface area contributed by atoms with Crippen LogP contribution in [0.25, 0.3) is 0 Å². The molecule has 0 aromatic carbocycles. The number of hydrogen-bond acceptors (Lipinski definition) is 3. The van der Waals surface area contributed by atoms with Gasteiger partial charge >= 0.3 is 0 Å². The van der Waals surface area contributed by atoms with Gasteiger partial charge in [0.25, 0.3) is 0 Å². The highest BCUT2D eigenvalue weighted by Gasteiger charge is 2.56. The lowest BCUT2D eigenvalue weighted by molar-refractivity contribution is -0.145. The summed E-state index contributed by atoms with van der Waals surface area (Å²) in [6.45, 7) is 10.6. The highest BCUT2D eigenvalue weighted by atomic mass is 16.7. The summed E-state index contributed by atoms with van der Waals surface area (Å²) in [5, 5.41) is 9.33. The van der Waals surface area contributed by atoms with Gasteiger partial charge in [-0.3, -0.25) is 0 Å². The van der Waals surface area contributed by atoms with E-state index in [0.29, 0.717) is 23.9 Å². The first kappa shape index (κ1) is 16.0. The zero-order valence-corrected chi connectivity index (χ0v) is 13.4. The Morgan fingerprint density at radius 2 is 1.85 bits per heavy atom. The summed E-state index contributed by atoms with van der Waals surface area (Å²) in [5.74, 6) is 0.835. The molecule has 1 heterocycles. The molecule has 2 rings (SSSR count). The highest BCUT2D eigenvalue weighted by molar-refractivity contribution is 5.07. The van der Waals surface area contributed by atoms with Crippen molar-refractivity contribution in [2.45, 2.75) is 59.2 Å². The van der Waals surface area contributed by atoms with E-state index in [1.54, 1.807) is 0 Å². The fourth-order valence-corrected chi connectivity index (χ4v) is 3.56. The van der Waals surface area contributed by atoms with Gasteiger partial charge in [-0.15, -0.1) is 0 Å². The number of aliphatic hydroxyl groups excluding tert-OH is 1. The Morgan fingerprint density at radius 1 is 1.20 bits per heavy atom. The third kappa shape index (κ3) is 3.63. The largest absolute Gasteiger partial charge is 0.396 e. The summed E-state index contributed by atoms with van der Waals surface area (Å²) in [4.78, 5) is 0. The van der Waals surface area contributed by atoms with Gasteiger partial charge in [0.05, 0.1) is 13.2 Å². The smallest absolute Gasteiger partial charge is 0.166 e. The second kappa shape index (κ2) is 6.17.